The normalized spacial score (nSPS) is 12.5. The average molecular weight is 321 g/mol. The van der Waals surface area contributed by atoms with Crippen LogP contribution in [0.25, 0.3) is 29.6 Å². The fraction of sp³-hybridized carbons (Fsp3) is 0.273. The molecule has 126 valence electrons. The van der Waals surface area contributed by atoms with Gasteiger partial charge in [-0.25, -0.2) is 0 Å². The highest BCUT2D eigenvalue weighted by Gasteiger charge is 2.06. The quantitative estimate of drug-likeness (QED) is 0.783. The molecule has 0 saturated heterocycles. The molecule has 0 spiro atoms. The molecule has 0 unspecified atom stereocenters. The van der Waals surface area contributed by atoms with Gasteiger partial charge in [-0.3, -0.25) is 0 Å². The zero-order valence-electron chi connectivity index (χ0n) is 15.2. The molecule has 1 aromatic carbocycles. The maximum Gasteiger partial charge on any atom is 0.134 e. The van der Waals surface area contributed by atoms with Crippen LogP contribution < -0.4 is 10.4 Å². The van der Waals surface area contributed by atoms with Gasteiger partial charge in [-0.2, -0.15) is 0 Å². The third kappa shape index (κ3) is 3.88. The van der Waals surface area contributed by atoms with Gasteiger partial charge in [0.05, 0.1) is 0 Å². The number of hydrogen-bond donors (Lipinski definition) is 0. The van der Waals surface area contributed by atoms with Crippen molar-refractivity contribution >= 4 is 18.2 Å². The number of benzene rings is 1. The average Bonchev–Trinajstić information content (AvgIpc) is 3.06. The highest BCUT2D eigenvalue weighted by molar-refractivity contribution is 5.64. The minimum absolute atomic E-state index is 0.823. The van der Waals surface area contributed by atoms with E-state index in [-0.39, 0.29) is 0 Å². The van der Waals surface area contributed by atoms with Gasteiger partial charge in [0, 0.05) is 24.4 Å². The van der Waals surface area contributed by atoms with Crippen molar-refractivity contribution < 1.29 is 4.42 Å². The summed E-state index contributed by atoms with van der Waals surface area (Å²) in [4.78, 5) is 2.33. The Balaban J connectivity index is 2.40. The molecular weight excluding hydrogens is 294 g/mol. The van der Waals surface area contributed by atoms with E-state index in [1.165, 1.54) is 5.70 Å². The van der Waals surface area contributed by atoms with Crippen molar-refractivity contribution in [1.82, 2.24) is 4.90 Å². The second-order valence-electron chi connectivity index (χ2n) is 5.89. The molecule has 0 aliphatic carbocycles. The Labute approximate surface area is 145 Å². The molecule has 0 aliphatic rings. The second kappa shape index (κ2) is 7.87. The van der Waals surface area contributed by atoms with E-state index in [0.29, 0.717) is 0 Å². The summed E-state index contributed by atoms with van der Waals surface area (Å²) in [5.41, 5.74) is 3.19. The van der Waals surface area contributed by atoms with Crippen LogP contribution in [-0.2, 0) is 0 Å². The zero-order valence-corrected chi connectivity index (χ0v) is 15.2. The van der Waals surface area contributed by atoms with E-state index < -0.39 is 0 Å². The van der Waals surface area contributed by atoms with E-state index in [9.17, 15) is 0 Å². The lowest BCUT2D eigenvalue weighted by Gasteiger charge is -2.21. The van der Waals surface area contributed by atoms with E-state index in [0.717, 1.165) is 46.2 Å². The van der Waals surface area contributed by atoms with Crippen LogP contribution in [-0.4, -0.2) is 18.0 Å². The molecule has 2 nitrogen and oxygen atoms in total. The zero-order chi connectivity index (χ0) is 17.7. The Morgan fingerprint density at radius 2 is 1.88 bits per heavy atom. The Morgan fingerprint density at radius 3 is 2.38 bits per heavy atom. The highest BCUT2D eigenvalue weighted by Crippen LogP contribution is 2.23. The summed E-state index contributed by atoms with van der Waals surface area (Å²) in [6, 6.07) is 10.2. The summed E-state index contributed by atoms with van der Waals surface area (Å²) < 4.78 is 5.84. The van der Waals surface area contributed by atoms with Gasteiger partial charge in [0.25, 0.3) is 0 Å². The number of rotatable bonds is 6. The van der Waals surface area contributed by atoms with Crippen LogP contribution in [0, 0.1) is 0 Å². The van der Waals surface area contributed by atoms with E-state index >= 15 is 0 Å². The molecule has 1 heterocycles. The van der Waals surface area contributed by atoms with Crippen molar-refractivity contribution in [2.45, 2.75) is 27.7 Å². The Morgan fingerprint density at radius 1 is 1.17 bits per heavy atom. The fourth-order valence-electron chi connectivity index (χ4n) is 2.73. The van der Waals surface area contributed by atoms with Crippen LogP contribution >= 0.6 is 0 Å². The fourth-order valence-corrected chi connectivity index (χ4v) is 2.73. The van der Waals surface area contributed by atoms with Gasteiger partial charge in [-0.1, -0.05) is 31.4 Å². The van der Waals surface area contributed by atoms with Gasteiger partial charge in [0.1, 0.15) is 11.5 Å². The van der Waals surface area contributed by atoms with Crippen molar-refractivity contribution in [1.29, 1.82) is 0 Å². The molecule has 0 fully saturated rings. The van der Waals surface area contributed by atoms with Crippen LogP contribution in [0.2, 0.25) is 0 Å². The van der Waals surface area contributed by atoms with Gasteiger partial charge in [-0.05, 0) is 68.0 Å². The van der Waals surface area contributed by atoms with Crippen molar-refractivity contribution in [2.24, 2.45) is 0 Å². The molecule has 0 amide bonds. The van der Waals surface area contributed by atoms with Crippen molar-refractivity contribution in [2.75, 3.05) is 13.1 Å². The topological polar surface area (TPSA) is 16.4 Å². The highest BCUT2D eigenvalue weighted by atomic mass is 16.3. The standard InChI is InChI=1S/C22H27NO/c1-7-20(23(8-2)9-3)15-18-10-11-19(14-17(18)6)22-13-12-21(24-22)16(4)5/h7,10-15H,4,6,8-9H2,1-3,5H3/b18-15-,20-7?. The first-order valence-corrected chi connectivity index (χ1v) is 8.48. The molecule has 0 aliphatic heterocycles. The molecule has 0 radical (unpaired) electrons. The summed E-state index contributed by atoms with van der Waals surface area (Å²) in [5, 5.41) is 2.12. The van der Waals surface area contributed by atoms with E-state index in [1.54, 1.807) is 0 Å². The molecule has 0 atom stereocenters. The molecule has 1 aromatic heterocycles. The molecule has 0 saturated carbocycles. The van der Waals surface area contributed by atoms with Crippen molar-refractivity contribution in [3.8, 4) is 11.3 Å². The predicted octanol–water partition coefficient (Wildman–Crippen LogP) is 4.42. The number of hydrogen-bond acceptors (Lipinski definition) is 2. The molecule has 2 aromatic rings. The number of furan rings is 1. The minimum Gasteiger partial charge on any atom is -0.456 e. The molecule has 2 rings (SSSR count). The summed E-state index contributed by atoms with van der Waals surface area (Å²) >= 11 is 0. The summed E-state index contributed by atoms with van der Waals surface area (Å²) in [6.45, 7) is 18.5. The predicted molar refractivity (Wildman–Crippen MR) is 105 cm³/mol. The first-order valence-electron chi connectivity index (χ1n) is 8.48. The van der Waals surface area contributed by atoms with E-state index in [4.69, 9.17) is 4.42 Å². The van der Waals surface area contributed by atoms with Crippen LogP contribution in [0.1, 0.15) is 33.5 Å². The lowest BCUT2D eigenvalue weighted by atomic mass is 10.1. The maximum absolute atomic E-state index is 5.84. The first-order chi connectivity index (χ1) is 11.5. The summed E-state index contributed by atoms with van der Waals surface area (Å²) in [5.74, 6) is 1.67. The van der Waals surface area contributed by atoms with Crippen molar-refractivity contribution in [3.63, 3.8) is 0 Å². The third-order valence-electron chi connectivity index (χ3n) is 4.18. The SMILES string of the molecule is C=C(C)c1ccc(-c2cc/c(=C/C(=CC)N(CC)CC)c(=C)c2)o1. The smallest absolute Gasteiger partial charge is 0.134 e. The minimum atomic E-state index is 0.823. The number of nitrogens with zero attached hydrogens (tertiary/aromatic N) is 1. The first kappa shape index (κ1) is 17.9. The van der Waals surface area contributed by atoms with Crippen LogP contribution in [0.5, 0.6) is 0 Å². The molecule has 0 N–H and O–H groups in total. The lowest BCUT2D eigenvalue weighted by molar-refractivity contribution is 0.399. The molecule has 0 bridgehead atoms. The van der Waals surface area contributed by atoms with Gasteiger partial charge < -0.3 is 9.32 Å². The lowest BCUT2D eigenvalue weighted by Crippen LogP contribution is -2.27. The molecule has 2 heteroatoms. The largest absolute Gasteiger partial charge is 0.456 e. The Bertz CT molecular complexity index is 850. The van der Waals surface area contributed by atoms with Gasteiger partial charge in [0.2, 0.25) is 0 Å². The second-order valence-corrected chi connectivity index (χ2v) is 5.89. The Hall–Kier alpha value is -2.48. The molecule has 24 heavy (non-hydrogen) atoms. The summed E-state index contributed by atoms with van der Waals surface area (Å²) in [7, 11) is 0. The monoisotopic (exact) mass is 321 g/mol. The van der Waals surface area contributed by atoms with E-state index in [2.05, 4.69) is 69.2 Å². The molecular formula is C22H27NO. The Kier molecular flexibility index (Phi) is 5.86. The van der Waals surface area contributed by atoms with Crippen LogP contribution in [0.15, 0.2) is 53.1 Å². The van der Waals surface area contributed by atoms with Gasteiger partial charge in [-0.15, -0.1) is 0 Å². The number of allylic oxidation sites excluding steroid dienone is 3. The van der Waals surface area contributed by atoms with Gasteiger partial charge >= 0.3 is 0 Å². The van der Waals surface area contributed by atoms with Crippen molar-refractivity contribution in [3.05, 3.63) is 64.9 Å². The van der Waals surface area contributed by atoms with Gasteiger partial charge in [0.15, 0.2) is 0 Å². The summed E-state index contributed by atoms with van der Waals surface area (Å²) in [6.07, 6.45) is 4.34. The van der Waals surface area contributed by atoms with E-state index in [1.807, 2.05) is 19.1 Å². The van der Waals surface area contributed by atoms with Crippen LogP contribution in [0.4, 0.5) is 0 Å². The van der Waals surface area contributed by atoms with Crippen LogP contribution in [0.3, 0.4) is 0 Å². The maximum atomic E-state index is 5.84. The third-order valence-corrected chi connectivity index (χ3v) is 4.18.